The zero-order valence-corrected chi connectivity index (χ0v) is 9.08. The molecule has 1 heterocycles. The summed E-state index contributed by atoms with van der Waals surface area (Å²) in [7, 11) is 0. The van der Waals surface area contributed by atoms with Crippen molar-refractivity contribution in [3.8, 4) is 0 Å². The molecule has 1 N–H and O–H groups in total. The second-order valence-corrected chi connectivity index (χ2v) is 3.79. The van der Waals surface area contributed by atoms with Crippen LogP contribution in [0, 0.1) is 20.2 Å². The summed E-state index contributed by atoms with van der Waals surface area (Å²) < 4.78 is 0. The highest BCUT2D eigenvalue weighted by Crippen LogP contribution is 2.38. The van der Waals surface area contributed by atoms with E-state index in [4.69, 9.17) is 11.6 Å². The number of nitro groups is 2. The van der Waals surface area contributed by atoms with Gasteiger partial charge in [-0.05, 0) is 11.3 Å². The molecule has 1 rings (SSSR count). The van der Waals surface area contributed by atoms with Crippen LogP contribution in [0.4, 0.5) is 15.7 Å². The highest BCUT2D eigenvalue weighted by Gasteiger charge is 2.25. The summed E-state index contributed by atoms with van der Waals surface area (Å²) in [6.07, 6.45) is 0. The number of rotatable bonds is 4. The van der Waals surface area contributed by atoms with Crippen molar-refractivity contribution in [1.29, 1.82) is 0 Å². The molecule has 0 aliphatic rings. The Labute approximate surface area is 97.1 Å². The largest absolute Gasteiger partial charge is 0.333 e. The standard InChI is InChI=1S/C6H4ClN3O5S/c7-2-4(11)8-6-3(9(12)13)1-5(16-6)10(14)15/h1H,2H2,(H,8,11). The number of amides is 1. The van der Waals surface area contributed by atoms with Crippen LogP contribution in [0.3, 0.4) is 0 Å². The number of carbonyl (C=O) groups is 1. The lowest BCUT2D eigenvalue weighted by Crippen LogP contribution is -2.12. The molecule has 1 aromatic rings. The van der Waals surface area contributed by atoms with Crippen LogP contribution < -0.4 is 5.32 Å². The minimum absolute atomic E-state index is 0.192. The van der Waals surface area contributed by atoms with Crippen LogP contribution >= 0.6 is 22.9 Å². The minimum atomic E-state index is -0.812. The van der Waals surface area contributed by atoms with Gasteiger partial charge in [-0.15, -0.1) is 11.6 Å². The van der Waals surface area contributed by atoms with Crippen LogP contribution in [0.5, 0.6) is 0 Å². The number of carbonyl (C=O) groups excluding carboxylic acids is 1. The van der Waals surface area contributed by atoms with Gasteiger partial charge in [0.05, 0.1) is 9.85 Å². The van der Waals surface area contributed by atoms with Gasteiger partial charge < -0.3 is 5.32 Å². The molecule has 0 atom stereocenters. The molecule has 0 radical (unpaired) electrons. The average molecular weight is 266 g/mol. The molecule has 1 amide bonds. The van der Waals surface area contributed by atoms with Crippen molar-refractivity contribution >= 4 is 44.5 Å². The molecule has 0 spiro atoms. The van der Waals surface area contributed by atoms with Gasteiger partial charge >= 0.3 is 10.7 Å². The first kappa shape index (κ1) is 12.3. The van der Waals surface area contributed by atoms with Crippen LogP contribution in [0.1, 0.15) is 0 Å². The number of hydrogen-bond donors (Lipinski definition) is 1. The normalized spacial score (nSPS) is 9.81. The van der Waals surface area contributed by atoms with Crippen molar-refractivity contribution in [3.05, 3.63) is 26.3 Å². The Kier molecular flexibility index (Phi) is 3.74. The first-order chi connectivity index (χ1) is 7.45. The van der Waals surface area contributed by atoms with Gasteiger partial charge in [-0.3, -0.25) is 25.0 Å². The lowest BCUT2D eigenvalue weighted by molar-refractivity contribution is -0.389. The maximum absolute atomic E-state index is 10.9. The second kappa shape index (κ2) is 4.86. The SMILES string of the molecule is O=C(CCl)Nc1sc([N+](=O)[O-])cc1[N+](=O)[O-]. The van der Waals surface area contributed by atoms with Gasteiger partial charge in [0, 0.05) is 0 Å². The quantitative estimate of drug-likeness (QED) is 0.506. The molecule has 0 aliphatic heterocycles. The number of thiophene rings is 1. The second-order valence-electron chi connectivity index (χ2n) is 2.50. The Morgan fingerprint density at radius 2 is 2.06 bits per heavy atom. The predicted molar refractivity (Wildman–Crippen MR) is 57.0 cm³/mol. The first-order valence-corrected chi connectivity index (χ1v) is 5.09. The number of halogens is 1. The minimum Gasteiger partial charge on any atom is -0.311 e. The summed E-state index contributed by atoms with van der Waals surface area (Å²) in [4.78, 5) is 30.3. The summed E-state index contributed by atoms with van der Waals surface area (Å²) in [5.41, 5.74) is -0.518. The fourth-order valence-electron chi connectivity index (χ4n) is 0.844. The number of nitrogens with one attached hydrogen (secondary N) is 1. The molecule has 0 fully saturated rings. The van der Waals surface area contributed by atoms with Crippen LogP contribution in [-0.4, -0.2) is 21.6 Å². The first-order valence-electron chi connectivity index (χ1n) is 3.74. The van der Waals surface area contributed by atoms with E-state index < -0.39 is 26.4 Å². The van der Waals surface area contributed by atoms with E-state index in [1.165, 1.54) is 0 Å². The highest BCUT2D eigenvalue weighted by molar-refractivity contribution is 7.20. The van der Waals surface area contributed by atoms with Crippen molar-refractivity contribution in [2.24, 2.45) is 0 Å². The zero-order valence-electron chi connectivity index (χ0n) is 7.51. The highest BCUT2D eigenvalue weighted by atomic mass is 35.5. The van der Waals surface area contributed by atoms with Gasteiger partial charge in [0.25, 0.3) is 0 Å². The van der Waals surface area contributed by atoms with Gasteiger partial charge in [-0.25, -0.2) is 0 Å². The van der Waals surface area contributed by atoms with E-state index >= 15 is 0 Å². The smallest absolute Gasteiger partial charge is 0.311 e. The van der Waals surface area contributed by atoms with E-state index in [1.54, 1.807) is 0 Å². The molecule has 0 aromatic carbocycles. The predicted octanol–water partition coefficient (Wildman–Crippen LogP) is 1.74. The molecule has 16 heavy (non-hydrogen) atoms. The Morgan fingerprint density at radius 3 is 2.50 bits per heavy atom. The lowest BCUT2D eigenvalue weighted by Gasteiger charge is -1.96. The summed E-state index contributed by atoms with van der Waals surface area (Å²) in [6, 6.07) is 0.786. The lowest BCUT2D eigenvalue weighted by atomic mass is 10.5. The van der Waals surface area contributed by atoms with Gasteiger partial charge in [0.1, 0.15) is 11.9 Å². The van der Waals surface area contributed by atoms with E-state index in [2.05, 4.69) is 5.32 Å². The van der Waals surface area contributed by atoms with Gasteiger partial charge in [0.15, 0.2) is 5.00 Å². The molecule has 86 valence electrons. The molecule has 10 heteroatoms. The monoisotopic (exact) mass is 265 g/mol. The van der Waals surface area contributed by atoms with Crippen LogP contribution in [0.25, 0.3) is 0 Å². The molecule has 0 saturated carbocycles. The van der Waals surface area contributed by atoms with Crippen LogP contribution in [0.15, 0.2) is 6.07 Å². The third kappa shape index (κ3) is 2.64. The fraction of sp³-hybridized carbons (Fsp3) is 0.167. The van der Waals surface area contributed by atoms with E-state index in [1.807, 2.05) is 0 Å². The third-order valence-corrected chi connectivity index (χ3v) is 2.68. The molecule has 0 bridgehead atoms. The van der Waals surface area contributed by atoms with Crippen LogP contribution in [0.2, 0.25) is 0 Å². The van der Waals surface area contributed by atoms with Crippen molar-refractivity contribution in [1.82, 2.24) is 0 Å². The van der Waals surface area contributed by atoms with Gasteiger partial charge in [0.2, 0.25) is 5.91 Å². The van der Waals surface area contributed by atoms with Crippen LogP contribution in [-0.2, 0) is 4.79 Å². The molecule has 8 nitrogen and oxygen atoms in total. The maximum atomic E-state index is 10.9. The summed E-state index contributed by atoms with van der Waals surface area (Å²) >= 11 is 5.70. The van der Waals surface area contributed by atoms with E-state index in [0.29, 0.717) is 11.3 Å². The maximum Gasteiger partial charge on any atom is 0.333 e. The topological polar surface area (TPSA) is 115 Å². The van der Waals surface area contributed by atoms with Gasteiger partial charge in [-0.2, -0.15) is 0 Å². The molecule has 1 aromatic heterocycles. The van der Waals surface area contributed by atoms with Crippen molar-refractivity contribution in [3.63, 3.8) is 0 Å². The molecule has 0 aliphatic carbocycles. The average Bonchev–Trinajstić information content (AvgIpc) is 2.61. The molecular weight excluding hydrogens is 262 g/mol. The van der Waals surface area contributed by atoms with Crippen molar-refractivity contribution < 1.29 is 14.6 Å². The summed E-state index contributed by atoms with van der Waals surface area (Å²) in [5, 5.41) is 22.4. The number of alkyl halides is 1. The number of anilines is 1. The molecule has 0 unspecified atom stereocenters. The summed E-state index contributed by atoms with van der Waals surface area (Å²) in [6.45, 7) is 0. The van der Waals surface area contributed by atoms with Gasteiger partial charge in [-0.1, -0.05) is 0 Å². The Morgan fingerprint density at radius 1 is 1.44 bits per heavy atom. The Balaban J connectivity index is 3.10. The van der Waals surface area contributed by atoms with E-state index in [0.717, 1.165) is 6.07 Å². The number of nitrogens with zero attached hydrogens (tertiary/aromatic N) is 2. The Hall–Kier alpha value is -1.74. The van der Waals surface area contributed by atoms with Crippen molar-refractivity contribution in [2.45, 2.75) is 0 Å². The third-order valence-electron chi connectivity index (χ3n) is 1.45. The fourth-order valence-corrected chi connectivity index (χ4v) is 1.77. The van der Waals surface area contributed by atoms with E-state index in [-0.39, 0.29) is 10.9 Å². The van der Waals surface area contributed by atoms with E-state index in [9.17, 15) is 25.0 Å². The van der Waals surface area contributed by atoms with Crippen molar-refractivity contribution in [2.75, 3.05) is 11.2 Å². The Bertz CT molecular complexity index is 459. The number of hydrogen-bond acceptors (Lipinski definition) is 6. The molecule has 0 saturated heterocycles. The summed E-state index contributed by atoms with van der Waals surface area (Å²) in [5.74, 6) is -1.05. The molecular formula is C6H4ClN3O5S. The zero-order chi connectivity index (χ0) is 12.3.